The third-order valence-electron chi connectivity index (χ3n) is 1.68. The molecule has 2 aromatic rings. The number of aromatic nitrogens is 2. The Kier molecular flexibility index (Phi) is 2.51. The number of thiocarbonyl (C=S) groups is 1. The van der Waals surface area contributed by atoms with E-state index in [1.54, 1.807) is 18.2 Å². The number of aromatic hydroxyl groups is 1. The second-order valence-electron chi connectivity index (χ2n) is 2.58. The monoisotopic (exact) mass is 222 g/mol. The average molecular weight is 222 g/mol. The van der Waals surface area contributed by atoms with E-state index in [2.05, 4.69) is 10.2 Å². The Morgan fingerprint density at radius 1 is 1.29 bits per heavy atom. The molecule has 0 amide bonds. The number of benzene rings is 1. The van der Waals surface area contributed by atoms with E-state index in [1.165, 1.54) is 16.7 Å². The van der Waals surface area contributed by atoms with E-state index in [1.807, 2.05) is 6.07 Å². The van der Waals surface area contributed by atoms with E-state index in [4.69, 9.17) is 12.2 Å². The maximum Gasteiger partial charge on any atom is 0.151 e. The SMILES string of the molecule is Oc1ccccc1-c1nnc(C=S)s1. The quantitative estimate of drug-likeness (QED) is 0.792. The number of hydrogen-bond acceptors (Lipinski definition) is 5. The van der Waals surface area contributed by atoms with Gasteiger partial charge < -0.3 is 5.11 Å². The Labute approximate surface area is 90.1 Å². The molecule has 0 aliphatic rings. The van der Waals surface area contributed by atoms with Gasteiger partial charge >= 0.3 is 0 Å². The van der Waals surface area contributed by atoms with Gasteiger partial charge in [0.1, 0.15) is 5.75 Å². The smallest absolute Gasteiger partial charge is 0.151 e. The Balaban J connectivity index is 2.49. The third kappa shape index (κ3) is 1.64. The number of phenols is 1. The van der Waals surface area contributed by atoms with Crippen molar-refractivity contribution >= 4 is 28.9 Å². The molecular weight excluding hydrogens is 216 g/mol. The van der Waals surface area contributed by atoms with Crippen molar-refractivity contribution in [1.29, 1.82) is 0 Å². The fourth-order valence-electron chi connectivity index (χ4n) is 1.05. The third-order valence-corrected chi connectivity index (χ3v) is 2.95. The van der Waals surface area contributed by atoms with Crippen LogP contribution < -0.4 is 0 Å². The van der Waals surface area contributed by atoms with Crippen molar-refractivity contribution in [2.24, 2.45) is 0 Å². The lowest BCUT2D eigenvalue weighted by atomic mass is 10.2. The lowest BCUT2D eigenvalue weighted by Crippen LogP contribution is -1.77. The summed E-state index contributed by atoms with van der Waals surface area (Å²) in [5.41, 5.74) is 0.688. The minimum atomic E-state index is 0.208. The first-order valence-corrected chi connectivity index (χ1v) is 5.17. The first-order chi connectivity index (χ1) is 6.81. The van der Waals surface area contributed by atoms with Crippen LogP contribution in [0.3, 0.4) is 0 Å². The molecular formula is C9H6N2OS2. The van der Waals surface area contributed by atoms with Gasteiger partial charge in [-0.3, -0.25) is 0 Å². The molecule has 5 heteroatoms. The zero-order valence-electron chi connectivity index (χ0n) is 7.04. The van der Waals surface area contributed by atoms with Crippen LogP contribution in [0.4, 0.5) is 0 Å². The number of rotatable bonds is 2. The standard InChI is InChI=1S/C9H6N2OS2/c12-7-4-2-1-3-6(7)9-11-10-8(5-13)14-9/h1-5,12H. The van der Waals surface area contributed by atoms with Crippen LogP contribution in [0, 0.1) is 0 Å². The summed E-state index contributed by atoms with van der Waals surface area (Å²) >= 11 is 6.09. The van der Waals surface area contributed by atoms with Gasteiger partial charge in [0.05, 0.1) is 5.56 Å². The molecule has 0 radical (unpaired) electrons. The summed E-state index contributed by atoms with van der Waals surface area (Å²) in [6, 6.07) is 7.02. The summed E-state index contributed by atoms with van der Waals surface area (Å²) in [7, 11) is 0. The van der Waals surface area contributed by atoms with Crippen LogP contribution in [-0.4, -0.2) is 20.7 Å². The van der Waals surface area contributed by atoms with E-state index >= 15 is 0 Å². The van der Waals surface area contributed by atoms with Crippen molar-refractivity contribution in [3.05, 3.63) is 29.3 Å². The molecule has 0 aliphatic heterocycles. The molecule has 0 saturated heterocycles. The minimum Gasteiger partial charge on any atom is -0.507 e. The predicted molar refractivity (Wildman–Crippen MR) is 59.8 cm³/mol. The minimum absolute atomic E-state index is 0.208. The highest BCUT2D eigenvalue weighted by molar-refractivity contribution is 7.79. The van der Waals surface area contributed by atoms with Gasteiger partial charge in [-0.15, -0.1) is 10.2 Å². The highest BCUT2D eigenvalue weighted by atomic mass is 32.1. The summed E-state index contributed by atoms with van der Waals surface area (Å²) in [5, 5.41) is 20.2. The molecule has 0 bridgehead atoms. The van der Waals surface area contributed by atoms with Crippen molar-refractivity contribution < 1.29 is 5.11 Å². The van der Waals surface area contributed by atoms with Gasteiger partial charge in [0.25, 0.3) is 0 Å². The zero-order chi connectivity index (χ0) is 9.97. The molecule has 2 rings (SSSR count). The molecule has 14 heavy (non-hydrogen) atoms. The zero-order valence-corrected chi connectivity index (χ0v) is 8.68. The highest BCUT2D eigenvalue weighted by Crippen LogP contribution is 2.30. The van der Waals surface area contributed by atoms with Crippen molar-refractivity contribution in [1.82, 2.24) is 10.2 Å². The number of para-hydroxylation sites is 1. The number of phenolic OH excluding ortho intramolecular Hbond substituents is 1. The van der Waals surface area contributed by atoms with Crippen LogP contribution in [0.1, 0.15) is 5.01 Å². The Hall–Kier alpha value is -1.33. The van der Waals surface area contributed by atoms with Gasteiger partial charge in [-0.1, -0.05) is 35.7 Å². The Morgan fingerprint density at radius 3 is 2.71 bits per heavy atom. The van der Waals surface area contributed by atoms with Crippen LogP contribution in [0.2, 0.25) is 0 Å². The number of nitrogens with zero attached hydrogens (tertiary/aromatic N) is 2. The molecule has 0 atom stereocenters. The first kappa shape index (κ1) is 9.23. The fourth-order valence-corrected chi connectivity index (χ4v) is 1.93. The van der Waals surface area contributed by atoms with Crippen LogP contribution in [0.15, 0.2) is 24.3 Å². The van der Waals surface area contributed by atoms with Crippen molar-refractivity contribution in [3.63, 3.8) is 0 Å². The van der Waals surface area contributed by atoms with Crippen molar-refractivity contribution in [2.75, 3.05) is 0 Å². The topological polar surface area (TPSA) is 46.0 Å². The average Bonchev–Trinajstić information content (AvgIpc) is 2.67. The Bertz CT molecular complexity index is 467. The van der Waals surface area contributed by atoms with Gasteiger partial charge in [-0.2, -0.15) is 0 Å². The van der Waals surface area contributed by atoms with E-state index in [0.29, 0.717) is 15.6 Å². The Morgan fingerprint density at radius 2 is 2.07 bits per heavy atom. The molecule has 1 N–H and O–H groups in total. The lowest BCUT2D eigenvalue weighted by Gasteiger charge is -1.97. The molecule has 1 heterocycles. The maximum atomic E-state index is 9.55. The summed E-state index contributed by atoms with van der Waals surface area (Å²) in [5.74, 6) is 0.208. The second-order valence-corrected chi connectivity index (χ2v) is 3.83. The summed E-state index contributed by atoms with van der Waals surface area (Å²) in [4.78, 5) is 0. The molecule has 70 valence electrons. The van der Waals surface area contributed by atoms with Gasteiger partial charge in [-0.05, 0) is 12.1 Å². The van der Waals surface area contributed by atoms with Gasteiger partial charge in [0.2, 0.25) is 0 Å². The summed E-state index contributed by atoms with van der Waals surface area (Å²) < 4.78 is 0. The van der Waals surface area contributed by atoms with Crippen LogP contribution in [0.5, 0.6) is 5.75 Å². The van der Waals surface area contributed by atoms with Crippen LogP contribution in [0.25, 0.3) is 10.6 Å². The molecule has 0 fully saturated rings. The highest BCUT2D eigenvalue weighted by Gasteiger charge is 2.08. The molecule has 0 aliphatic carbocycles. The van der Waals surface area contributed by atoms with Crippen LogP contribution >= 0.6 is 23.6 Å². The normalized spacial score (nSPS) is 10.0. The lowest BCUT2D eigenvalue weighted by molar-refractivity contribution is 0.477. The van der Waals surface area contributed by atoms with Gasteiger partial charge in [0.15, 0.2) is 10.0 Å². The molecule has 1 aromatic heterocycles. The van der Waals surface area contributed by atoms with E-state index in [9.17, 15) is 5.11 Å². The summed E-state index contributed by atoms with van der Waals surface area (Å²) in [6.45, 7) is 0. The molecule has 0 unspecified atom stereocenters. The van der Waals surface area contributed by atoms with Crippen LogP contribution in [-0.2, 0) is 0 Å². The van der Waals surface area contributed by atoms with E-state index < -0.39 is 0 Å². The fraction of sp³-hybridized carbons (Fsp3) is 0. The molecule has 0 spiro atoms. The second kappa shape index (κ2) is 3.81. The largest absolute Gasteiger partial charge is 0.507 e. The molecule has 0 saturated carbocycles. The van der Waals surface area contributed by atoms with Gasteiger partial charge in [-0.25, -0.2) is 0 Å². The number of hydrogen-bond donors (Lipinski definition) is 1. The van der Waals surface area contributed by atoms with Crippen molar-refractivity contribution in [3.8, 4) is 16.3 Å². The molecule has 3 nitrogen and oxygen atoms in total. The van der Waals surface area contributed by atoms with E-state index in [0.717, 1.165) is 0 Å². The maximum absolute atomic E-state index is 9.55. The van der Waals surface area contributed by atoms with E-state index in [-0.39, 0.29) is 5.75 Å². The molecule has 1 aromatic carbocycles. The van der Waals surface area contributed by atoms with Gasteiger partial charge in [0, 0.05) is 5.37 Å². The predicted octanol–water partition coefficient (Wildman–Crippen LogP) is 2.26. The summed E-state index contributed by atoms with van der Waals surface area (Å²) in [6.07, 6.45) is 0. The first-order valence-electron chi connectivity index (χ1n) is 3.88. The van der Waals surface area contributed by atoms with Crippen molar-refractivity contribution in [2.45, 2.75) is 0 Å².